The van der Waals surface area contributed by atoms with E-state index in [0.29, 0.717) is 6.42 Å². The number of hydrogen-bond donors (Lipinski definition) is 1. The number of furan rings is 1. The van der Waals surface area contributed by atoms with E-state index in [1.54, 1.807) is 0 Å². The largest absolute Gasteiger partial charge is 0.481 e. The number of carboxylic acid groups (broad SMARTS) is 1. The Kier molecular flexibility index (Phi) is 6.50. The SMILES string of the molecule is CCCCCCc1c(CCCCC(=O)O)oc2ccccc12. The minimum atomic E-state index is -0.718. The highest BCUT2D eigenvalue weighted by Crippen LogP contribution is 2.28. The maximum Gasteiger partial charge on any atom is 0.303 e. The van der Waals surface area contributed by atoms with Crippen molar-refractivity contribution in [1.29, 1.82) is 0 Å². The zero-order valence-electron chi connectivity index (χ0n) is 13.4. The number of para-hydroxylation sites is 1. The predicted molar refractivity (Wildman–Crippen MR) is 89.3 cm³/mol. The first-order valence-corrected chi connectivity index (χ1v) is 8.43. The van der Waals surface area contributed by atoms with Crippen molar-refractivity contribution in [3.63, 3.8) is 0 Å². The molecule has 1 heterocycles. The molecule has 0 atom stereocenters. The van der Waals surface area contributed by atoms with E-state index in [9.17, 15) is 4.79 Å². The van der Waals surface area contributed by atoms with Gasteiger partial charge in [0.25, 0.3) is 0 Å². The van der Waals surface area contributed by atoms with Crippen LogP contribution in [0.2, 0.25) is 0 Å². The third kappa shape index (κ3) is 4.62. The Morgan fingerprint density at radius 3 is 2.59 bits per heavy atom. The third-order valence-electron chi connectivity index (χ3n) is 4.11. The van der Waals surface area contributed by atoms with Crippen LogP contribution < -0.4 is 0 Å². The number of aliphatic carboxylic acids is 1. The molecule has 0 aliphatic carbocycles. The van der Waals surface area contributed by atoms with E-state index in [1.165, 1.54) is 36.6 Å². The van der Waals surface area contributed by atoms with E-state index >= 15 is 0 Å². The molecule has 0 amide bonds. The average Bonchev–Trinajstić information content (AvgIpc) is 2.86. The van der Waals surface area contributed by atoms with Gasteiger partial charge in [-0.3, -0.25) is 4.79 Å². The molecule has 0 saturated heterocycles. The Morgan fingerprint density at radius 1 is 1.05 bits per heavy atom. The molecule has 0 saturated carbocycles. The molecule has 0 unspecified atom stereocenters. The summed E-state index contributed by atoms with van der Waals surface area (Å²) in [6.45, 7) is 2.22. The monoisotopic (exact) mass is 302 g/mol. The molecule has 0 bridgehead atoms. The summed E-state index contributed by atoms with van der Waals surface area (Å²) in [6.07, 6.45) is 8.70. The van der Waals surface area contributed by atoms with E-state index in [-0.39, 0.29) is 6.42 Å². The van der Waals surface area contributed by atoms with E-state index in [0.717, 1.165) is 30.6 Å². The number of fused-ring (bicyclic) bond motifs is 1. The van der Waals surface area contributed by atoms with E-state index in [4.69, 9.17) is 9.52 Å². The Morgan fingerprint density at radius 2 is 1.82 bits per heavy atom. The molecule has 2 rings (SSSR count). The zero-order chi connectivity index (χ0) is 15.8. The zero-order valence-corrected chi connectivity index (χ0v) is 13.4. The summed E-state index contributed by atoms with van der Waals surface area (Å²) in [5.41, 5.74) is 2.29. The van der Waals surface area contributed by atoms with Crippen molar-refractivity contribution in [3.8, 4) is 0 Å². The van der Waals surface area contributed by atoms with Crippen molar-refractivity contribution >= 4 is 16.9 Å². The van der Waals surface area contributed by atoms with Crippen LogP contribution in [-0.4, -0.2) is 11.1 Å². The summed E-state index contributed by atoms with van der Waals surface area (Å²) < 4.78 is 6.02. The maximum absolute atomic E-state index is 10.6. The second kappa shape index (κ2) is 8.62. The Hall–Kier alpha value is -1.77. The smallest absolute Gasteiger partial charge is 0.303 e. The van der Waals surface area contributed by atoms with Crippen molar-refractivity contribution in [2.45, 2.75) is 64.7 Å². The topological polar surface area (TPSA) is 50.4 Å². The van der Waals surface area contributed by atoms with Crippen molar-refractivity contribution in [3.05, 3.63) is 35.6 Å². The highest BCUT2D eigenvalue weighted by atomic mass is 16.4. The van der Waals surface area contributed by atoms with Crippen LogP contribution in [0, 0.1) is 0 Å². The fourth-order valence-electron chi connectivity index (χ4n) is 2.92. The van der Waals surface area contributed by atoms with Gasteiger partial charge < -0.3 is 9.52 Å². The average molecular weight is 302 g/mol. The molecule has 3 nitrogen and oxygen atoms in total. The van der Waals surface area contributed by atoms with Crippen molar-refractivity contribution in [2.75, 3.05) is 0 Å². The summed E-state index contributed by atoms with van der Waals surface area (Å²) in [4.78, 5) is 10.6. The predicted octanol–water partition coefficient (Wildman–Crippen LogP) is 5.35. The molecule has 2 aromatic rings. The number of benzene rings is 1. The van der Waals surface area contributed by atoms with E-state index in [1.807, 2.05) is 12.1 Å². The lowest BCUT2D eigenvalue weighted by atomic mass is 10.0. The fraction of sp³-hybridized carbons (Fsp3) is 0.526. The van der Waals surface area contributed by atoms with Gasteiger partial charge in [-0.2, -0.15) is 0 Å². The number of carboxylic acids is 1. The molecule has 3 heteroatoms. The van der Waals surface area contributed by atoms with Gasteiger partial charge in [0, 0.05) is 23.8 Å². The van der Waals surface area contributed by atoms with Gasteiger partial charge in [0.15, 0.2) is 0 Å². The first-order chi connectivity index (χ1) is 10.7. The van der Waals surface area contributed by atoms with Gasteiger partial charge in [-0.15, -0.1) is 0 Å². The van der Waals surface area contributed by atoms with Crippen LogP contribution in [0.1, 0.15) is 63.2 Å². The van der Waals surface area contributed by atoms with Gasteiger partial charge in [0.1, 0.15) is 11.3 Å². The van der Waals surface area contributed by atoms with Crippen LogP contribution >= 0.6 is 0 Å². The van der Waals surface area contributed by atoms with Crippen LogP contribution in [0.4, 0.5) is 0 Å². The molecule has 0 radical (unpaired) electrons. The second-order valence-electron chi connectivity index (χ2n) is 5.91. The number of rotatable bonds is 10. The van der Waals surface area contributed by atoms with Crippen molar-refractivity contribution < 1.29 is 14.3 Å². The van der Waals surface area contributed by atoms with Crippen LogP contribution in [0.25, 0.3) is 11.0 Å². The lowest BCUT2D eigenvalue weighted by Gasteiger charge is -2.03. The molecule has 0 spiro atoms. The molecule has 120 valence electrons. The molecule has 0 fully saturated rings. The van der Waals surface area contributed by atoms with Gasteiger partial charge in [0.2, 0.25) is 0 Å². The van der Waals surface area contributed by atoms with Crippen LogP contribution in [0.5, 0.6) is 0 Å². The van der Waals surface area contributed by atoms with Gasteiger partial charge in [-0.25, -0.2) is 0 Å². The quantitative estimate of drug-likeness (QED) is 0.602. The fourth-order valence-corrected chi connectivity index (χ4v) is 2.92. The molecule has 1 aromatic carbocycles. The number of carbonyl (C=O) groups is 1. The molecule has 1 aromatic heterocycles. The van der Waals surface area contributed by atoms with Gasteiger partial charge >= 0.3 is 5.97 Å². The van der Waals surface area contributed by atoms with Crippen molar-refractivity contribution in [2.24, 2.45) is 0 Å². The van der Waals surface area contributed by atoms with Crippen LogP contribution in [-0.2, 0) is 17.6 Å². The van der Waals surface area contributed by atoms with E-state index < -0.39 is 5.97 Å². The first kappa shape index (κ1) is 16.6. The molecule has 22 heavy (non-hydrogen) atoms. The lowest BCUT2D eigenvalue weighted by Crippen LogP contribution is -1.96. The summed E-state index contributed by atoms with van der Waals surface area (Å²) in [7, 11) is 0. The maximum atomic E-state index is 10.6. The lowest BCUT2D eigenvalue weighted by molar-refractivity contribution is -0.137. The molecular formula is C19H26O3. The van der Waals surface area contributed by atoms with Crippen LogP contribution in [0.3, 0.4) is 0 Å². The summed E-state index contributed by atoms with van der Waals surface area (Å²) >= 11 is 0. The van der Waals surface area contributed by atoms with Gasteiger partial charge in [0.05, 0.1) is 0 Å². The first-order valence-electron chi connectivity index (χ1n) is 8.43. The second-order valence-corrected chi connectivity index (χ2v) is 5.91. The summed E-state index contributed by atoms with van der Waals surface area (Å²) in [5.74, 6) is 0.340. The Labute approximate surface area is 132 Å². The summed E-state index contributed by atoms with van der Waals surface area (Å²) in [6, 6.07) is 8.21. The Bertz CT molecular complexity index is 598. The molecular weight excluding hydrogens is 276 g/mol. The third-order valence-corrected chi connectivity index (χ3v) is 4.11. The number of hydrogen-bond acceptors (Lipinski definition) is 2. The van der Waals surface area contributed by atoms with Crippen LogP contribution in [0.15, 0.2) is 28.7 Å². The molecule has 0 aliphatic heterocycles. The highest BCUT2D eigenvalue weighted by molar-refractivity contribution is 5.82. The highest BCUT2D eigenvalue weighted by Gasteiger charge is 2.13. The normalized spacial score (nSPS) is 11.1. The van der Waals surface area contributed by atoms with E-state index in [2.05, 4.69) is 19.1 Å². The van der Waals surface area contributed by atoms with Gasteiger partial charge in [-0.05, 0) is 31.7 Å². The van der Waals surface area contributed by atoms with Crippen molar-refractivity contribution in [1.82, 2.24) is 0 Å². The number of unbranched alkanes of at least 4 members (excludes halogenated alkanes) is 4. The van der Waals surface area contributed by atoms with Gasteiger partial charge in [-0.1, -0.05) is 44.4 Å². The minimum Gasteiger partial charge on any atom is -0.481 e. The number of aryl methyl sites for hydroxylation is 2. The summed E-state index contributed by atoms with van der Waals surface area (Å²) in [5, 5.41) is 9.95. The minimum absolute atomic E-state index is 0.242. The molecule has 0 aliphatic rings. The Balaban J connectivity index is 2.04. The molecule has 1 N–H and O–H groups in total. The standard InChI is InChI=1S/C19H26O3/c1-2-3-4-5-10-15-16-11-6-7-12-17(16)22-18(15)13-8-9-14-19(20)21/h6-7,11-12H,2-5,8-10,13-14H2,1H3,(H,20,21).